The topological polar surface area (TPSA) is 73.6 Å². The Labute approximate surface area is 158 Å². The molecule has 0 N–H and O–H groups in total. The maximum Gasteiger partial charge on any atom is 0.339 e. The molecule has 4 rings (SSSR count). The Morgan fingerprint density at radius 1 is 0.962 bits per heavy atom. The van der Waals surface area contributed by atoms with Crippen molar-refractivity contribution >= 4 is 37.0 Å². The van der Waals surface area contributed by atoms with Crippen LogP contribution in [0.3, 0.4) is 0 Å². The molecule has 5 nitrogen and oxygen atoms in total. The Kier molecular flexibility index (Phi) is 4.36. The van der Waals surface area contributed by atoms with E-state index in [4.69, 9.17) is 8.60 Å². The van der Waals surface area contributed by atoms with Gasteiger partial charge < -0.3 is 8.60 Å². The van der Waals surface area contributed by atoms with Crippen molar-refractivity contribution in [3.63, 3.8) is 0 Å². The highest BCUT2D eigenvalue weighted by Crippen LogP contribution is 2.30. The summed E-state index contributed by atoms with van der Waals surface area (Å²) >= 11 is 3.27. The minimum atomic E-state index is -3.97. The van der Waals surface area contributed by atoms with Crippen molar-refractivity contribution in [1.29, 1.82) is 0 Å². The van der Waals surface area contributed by atoms with Gasteiger partial charge in [-0.15, -0.1) is 0 Å². The van der Waals surface area contributed by atoms with Gasteiger partial charge in [0.05, 0.1) is 0 Å². The summed E-state index contributed by atoms with van der Waals surface area (Å²) in [5.74, 6) is 0.110. The Morgan fingerprint density at radius 2 is 1.65 bits per heavy atom. The number of fused-ring (bicyclic) bond motifs is 3. The van der Waals surface area contributed by atoms with Crippen LogP contribution in [0.15, 0.2) is 61.0 Å². The zero-order valence-corrected chi connectivity index (χ0v) is 16.1. The average Bonchev–Trinajstić information content (AvgIpc) is 2.62. The van der Waals surface area contributed by atoms with Crippen molar-refractivity contribution in [2.24, 2.45) is 0 Å². The summed E-state index contributed by atoms with van der Waals surface area (Å²) < 4.78 is 36.2. The van der Waals surface area contributed by atoms with E-state index in [1.807, 2.05) is 0 Å². The molecule has 0 saturated heterocycles. The van der Waals surface area contributed by atoms with Gasteiger partial charge >= 0.3 is 15.7 Å². The van der Waals surface area contributed by atoms with E-state index in [-0.39, 0.29) is 16.3 Å². The molecule has 0 unspecified atom stereocenters. The molecule has 0 saturated carbocycles. The van der Waals surface area contributed by atoms with E-state index >= 15 is 0 Å². The van der Waals surface area contributed by atoms with Crippen molar-refractivity contribution in [2.75, 3.05) is 0 Å². The van der Waals surface area contributed by atoms with Crippen molar-refractivity contribution in [3.05, 3.63) is 68.5 Å². The highest BCUT2D eigenvalue weighted by atomic mass is 79.9. The minimum Gasteiger partial charge on any atom is -0.422 e. The summed E-state index contributed by atoms with van der Waals surface area (Å²) in [7, 11) is -3.97. The van der Waals surface area contributed by atoms with Crippen molar-refractivity contribution in [3.8, 4) is 5.75 Å². The third-order valence-electron chi connectivity index (χ3n) is 4.50. The van der Waals surface area contributed by atoms with E-state index in [0.717, 1.165) is 46.7 Å². The van der Waals surface area contributed by atoms with E-state index in [1.165, 1.54) is 18.2 Å². The Bertz CT molecular complexity index is 1150. The minimum absolute atomic E-state index is 0.0488. The zero-order valence-electron chi connectivity index (χ0n) is 13.7. The fourth-order valence-electron chi connectivity index (χ4n) is 3.25. The molecule has 0 bridgehead atoms. The summed E-state index contributed by atoms with van der Waals surface area (Å²) in [6.07, 6.45) is 3.57. The van der Waals surface area contributed by atoms with E-state index in [9.17, 15) is 13.2 Å². The number of hydrogen-bond donors (Lipinski definition) is 0. The van der Waals surface area contributed by atoms with Gasteiger partial charge in [-0.2, -0.15) is 8.42 Å². The van der Waals surface area contributed by atoms with Crippen LogP contribution >= 0.6 is 15.9 Å². The van der Waals surface area contributed by atoms with Crippen molar-refractivity contribution in [1.82, 2.24) is 0 Å². The lowest BCUT2D eigenvalue weighted by Crippen LogP contribution is -2.16. The van der Waals surface area contributed by atoms with Crippen LogP contribution in [0.5, 0.6) is 5.75 Å². The Morgan fingerprint density at radius 3 is 2.38 bits per heavy atom. The van der Waals surface area contributed by atoms with Gasteiger partial charge in [0.2, 0.25) is 0 Å². The molecule has 134 valence electrons. The molecule has 7 heteroatoms. The van der Waals surface area contributed by atoms with Gasteiger partial charge in [0.15, 0.2) is 0 Å². The second-order valence-electron chi connectivity index (χ2n) is 6.20. The first-order valence-corrected chi connectivity index (χ1v) is 10.4. The smallest absolute Gasteiger partial charge is 0.339 e. The van der Waals surface area contributed by atoms with Gasteiger partial charge in [0, 0.05) is 21.5 Å². The summed E-state index contributed by atoms with van der Waals surface area (Å²) in [4.78, 5) is 12.2. The fraction of sp³-hybridized carbons (Fsp3) is 0.211. The first-order valence-electron chi connectivity index (χ1n) is 8.23. The van der Waals surface area contributed by atoms with Crippen molar-refractivity contribution in [2.45, 2.75) is 30.6 Å². The maximum atomic E-state index is 12.4. The molecule has 1 heterocycles. The van der Waals surface area contributed by atoms with E-state index < -0.39 is 10.1 Å². The monoisotopic (exact) mass is 434 g/mol. The summed E-state index contributed by atoms with van der Waals surface area (Å²) in [5.41, 5.74) is 1.74. The second-order valence-corrected chi connectivity index (χ2v) is 8.67. The highest BCUT2D eigenvalue weighted by Gasteiger charge is 2.20. The second kappa shape index (κ2) is 6.55. The Hall–Kier alpha value is -2.12. The van der Waals surface area contributed by atoms with E-state index in [2.05, 4.69) is 15.9 Å². The normalized spacial score (nSPS) is 14.2. The molecule has 0 atom stereocenters. The van der Waals surface area contributed by atoms with Crippen LogP contribution in [-0.2, 0) is 23.0 Å². The van der Waals surface area contributed by atoms with E-state index in [1.54, 1.807) is 24.3 Å². The molecule has 3 aromatic rings. The average molecular weight is 435 g/mol. The molecule has 0 aliphatic heterocycles. The molecule has 2 aromatic carbocycles. The summed E-state index contributed by atoms with van der Waals surface area (Å²) in [6.45, 7) is 0. The zero-order chi connectivity index (χ0) is 18.3. The van der Waals surface area contributed by atoms with Crippen LogP contribution in [-0.4, -0.2) is 8.42 Å². The van der Waals surface area contributed by atoms with Gasteiger partial charge in [-0.05, 0) is 67.6 Å². The quantitative estimate of drug-likeness (QED) is 0.456. The number of aryl methyl sites for hydroxylation is 1. The molecule has 0 spiro atoms. The molecule has 1 aromatic heterocycles. The predicted molar refractivity (Wildman–Crippen MR) is 101 cm³/mol. The number of benzene rings is 2. The largest absolute Gasteiger partial charge is 0.422 e. The lowest BCUT2D eigenvalue weighted by atomic mass is 9.91. The van der Waals surface area contributed by atoms with E-state index in [0.29, 0.717) is 5.58 Å². The molecule has 1 aliphatic carbocycles. The van der Waals surface area contributed by atoms with Gasteiger partial charge in [0.1, 0.15) is 16.2 Å². The SMILES string of the molecule is O=c1oc2cc(OS(=O)(=O)c3ccc(Br)cc3)ccc2c2c1CCCC2. The number of hydrogen-bond acceptors (Lipinski definition) is 5. The van der Waals surface area contributed by atoms with Gasteiger partial charge in [-0.3, -0.25) is 0 Å². The van der Waals surface area contributed by atoms with Crippen LogP contribution in [0.25, 0.3) is 11.0 Å². The molecular formula is C19H15BrO5S. The van der Waals surface area contributed by atoms with Crippen LogP contribution in [0.4, 0.5) is 0 Å². The third kappa shape index (κ3) is 3.17. The standard InChI is InChI=1S/C19H15BrO5S/c20-12-5-8-14(9-6-12)26(22,23)25-13-7-10-16-15-3-1-2-4-17(15)19(21)24-18(16)11-13/h5-11H,1-4H2. The third-order valence-corrected chi connectivity index (χ3v) is 6.29. The molecule has 0 amide bonds. The lowest BCUT2D eigenvalue weighted by Gasteiger charge is -2.16. The summed E-state index contributed by atoms with van der Waals surface area (Å²) in [5, 5.41) is 0.840. The molecule has 0 fully saturated rings. The summed E-state index contributed by atoms with van der Waals surface area (Å²) in [6, 6.07) is 11.0. The van der Waals surface area contributed by atoms with Crippen LogP contribution in [0, 0.1) is 0 Å². The molecule has 0 radical (unpaired) electrons. The van der Waals surface area contributed by atoms with Gasteiger partial charge in [-0.1, -0.05) is 15.9 Å². The van der Waals surface area contributed by atoms with Gasteiger partial charge in [0.25, 0.3) is 0 Å². The Balaban J connectivity index is 1.74. The van der Waals surface area contributed by atoms with Crippen LogP contribution < -0.4 is 9.81 Å². The molecule has 26 heavy (non-hydrogen) atoms. The number of rotatable bonds is 3. The fourth-order valence-corrected chi connectivity index (χ4v) is 4.44. The van der Waals surface area contributed by atoms with Crippen LogP contribution in [0.1, 0.15) is 24.0 Å². The first-order chi connectivity index (χ1) is 12.4. The predicted octanol–water partition coefficient (Wildman–Crippen LogP) is 4.20. The van der Waals surface area contributed by atoms with Crippen LogP contribution in [0.2, 0.25) is 0 Å². The molecular weight excluding hydrogens is 420 g/mol. The van der Waals surface area contributed by atoms with Gasteiger partial charge in [-0.25, -0.2) is 4.79 Å². The maximum absolute atomic E-state index is 12.4. The highest BCUT2D eigenvalue weighted by molar-refractivity contribution is 9.10. The van der Waals surface area contributed by atoms with Crippen molar-refractivity contribution < 1.29 is 17.0 Å². The molecule has 1 aliphatic rings. The number of halogens is 1. The first kappa shape index (κ1) is 17.3. The lowest BCUT2D eigenvalue weighted by molar-refractivity contribution is 0.484.